The average Bonchev–Trinajstić information content (AvgIpc) is 3.45. The Hall–Kier alpha value is -3.99. The van der Waals surface area contributed by atoms with Crippen LogP contribution in [-0.4, -0.2) is 17.6 Å². The highest BCUT2D eigenvalue weighted by atomic mass is 16.5. The number of hydrazone groups is 1. The Morgan fingerprint density at radius 3 is 2.43 bits per heavy atom. The van der Waals surface area contributed by atoms with E-state index in [0.717, 1.165) is 11.1 Å². The molecule has 0 aromatic heterocycles. The zero-order chi connectivity index (χ0) is 24.5. The summed E-state index contributed by atoms with van der Waals surface area (Å²) >= 11 is 0. The lowest BCUT2D eigenvalue weighted by Gasteiger charge is -2.10. The first-order chi connectivity index (χ1) is 17.1. The van der Waals surface area contributed by atoms with Crippen LogP contribution in [0.25, 0.3) is 0 Å². The summed E-state index contributed by atoms with van der Waals surface area (Å²) in [5, 5.41) is 4.29. The maximum absolute atomic E-state index is 12.9. The second-order valence-corrected chi connectivity index (χ2v) is 8.81. The molecule has 2 aliphatic carbocycles. The molecule has 0 radical (unpaired) electrons. The zero-order valence-corrected chi connectivity index (χ0v) is 19.9. The van der Waals surface area contributed by atoms with Crippen LogP contribution in [0.15, 0.2) is 107 Å². The van der Waals surface area contributed by atoms with Crippen LogP contribution in [0.2, 0.25) is 0 Å². The number of amides is 1. The molecule has 1 amide bonds. The molecule has 1 saturated carbocycles. The van der Waals surface area contributed by atoms with Gasteiger partial charge in [0.25, 0.3) is 5.91 Å². The van der Waals surface area contributed by atoms with Crippen LogP contribution < -0.4 is 5.43 Å². The Morgan fingerprint density at radius 2 is 1.66 bits per heavy atom. The standard InChI is InChI=1S/C30H30N2O3/c1-22-18-19-26(15-9-14-25(20-22)24-12-5-6-13-24)31-32-29(33)27-16-7-8-17-28(27)30(34)35-21-23-10-3-2-4-11-23/h2-4,7-11,14-20,24H,5-6,12-13,21H2,1H3,(H,32,33)/b15-9-,19-18-,22-20-,25-14+,31-26+. The normalized spacial score (nSPS) is 22.0. The number of allylic oxidation sites excluding steroid dienone is 8. The van der Waals surface area contributed by atoms with Gasteiger partial charge in [0.15, 0.2) is 0 Å². The molecule has 0 spiro atoms. The molecule has 1 N–H and O–H groups in total. The molecule has 4 rings (SSSR count). The second kappa shape index (κ2) is 11.9. The third-order valence-electron chi connectivity index (χ3n) is 6.18. The lowest BCUT2D eigenvalue weighted by atomic mass is 9.95. The third-order valence-corrected chi connectivity index (χ3v) is 6.18. The maximum Gasteiger partial charge on any atom is 0.339 e. The zero-order valence-electron chi connectivity index (χ0n) is 19.9. The first kappa shape index (κ1) is 24.1. The van der Waals surface area contributed by atoms with Crippen LogP contribution in [0.1, 0.15) is 58.9 Å². The van der Waals surface area contributed by atoms with Gasteiger partial charge in [-0.25, -0.2) is 10.2 Å². The van der Waals surface area contributed by atoms with Crippen molar-refractivity contribution in [3.63, 3.8) is 0 Å². The molecule has 0 bridgehead atoms. The fraction of sp³-hybridized carbons (Fsp3) is 0.233. The molecule has 35 heavy (non-hydrogen) atoms. The molecule has 5 heteroatoms. The SMILES string of the molecule is CC1=C/C(C2CCCC2)=C\C=C/C(=N\NC(=O)c2ccccc2C(=O)OCc2ccccc2)/C=C\1. The van der Waals surface area contributed by atoms with E-state index in [2.05, 4.69) is 29.6 Å². The predicted molar refractivity (Wildman–Crippen MR) is 139 cm³/mol. The molecule has 0 unspecified atom stereocenters. The van der Waals surface area contributed by atoms with E-state index in [-0.39, 0.29) is 17.7 Å². The molecule has 2 aromatic carbocycles. The lowest BCUT2D eigenvalue weighted by molar-refractivity contribution is 0.0469. The Morgan fingerprint density at radius 1 is 0.943 bits per heavy atom. The van der Waals surface area contributed by atoms with Crippen molar-refractivity contribution in [3.8, 4) is 0 Å². The minimum atomic E-state index is -0.556. The topological polar surface area (TPSA) is 67.8 Å². The number of ether oxygens (including phenoxy) is 1. The number of benzene rings is 2. The Balaban J connectivity index is 1.45. The average molecular weight is 467 g/mol. The fourth-order valence-electron chi connectivity index (χ4n) is 4.31. The van der Waals surface area contributed by atoms with Gasteiger partial charge in [0, 0.05) is 0 Å². The van der Waals surface area contributed by atoms with E-state index in [0.29, 0.717) is 11.6 Å². The highest BCUT2D eigenvalue weighted by molar-refractivity contribution is 6.08. The molecule has 0 heterocycles. The Labute approximate surface area is 206 Å². The van der Waals surface area contributed by atoms with Crippen molar-refractivity contribution in [2.45, 2.75) is 39.2 Å². The van der Waals surface area contributed by atoms with Crippen molar-refractivity contribution in [2.75, 3.05) is 0 Å². The highest BCUT2D eigenvalue weighted by Crippen LogP contribution is 2.32. The van der Waals surface area contributed by atoms with Gasteiger partial charge in [-0.1, -0.05) is 85.2 Å². The van der Waals surface area contributed by atoms with Crippen LogP contribution in [0.4, 0.5) is 0 Å². The van der Waals surface area contributed by atoms with Crippen molar-refractivity contribution in [1.82, 2.24) is 5.43 Å². The Kier molecular flexibility index (Phi) is 8.23. The largest absolute Gasteiger partial charge is 0.457 e. The van der Waals surface area contributed by atoms with E-state index in [1.54, 1.807) is 24.3 Å². The summed E-state index contributed by atoms with van der Waals surface area (Å²) in [5.74, 6) is -0.417. The molecule has 2 aromatic rings. The summed E-state index contributed by atoms with van der Waals surface area (Å²) in [4.78, 5) is 25.6. The number of rotatable bonds is 6. The third kappa shape index (κ3) is 6.76. The lowest BCUT2D eigenvalue weighted by Crippen LogP contribution is -2.22. The van der Waals surface area contributed by atoms with Gasteiger partial charge in [-0.3, -0.25) is 4.79 Å². The molecule has 5 nitrogen and oxygen atoms in total. The van der Waals surface area contributed by atoms with Crippen molar-refractivity contribution < 1.29 is 14.3 Å². The van der Waals surface area contributed by atoms with Gasteiger partial charge in [0.2, 0.25) is 0 Å². The van der Waals surface area contributed by atoms with Gasteiger partial charge in [0.05, 0.1) is 16.8 Å². The van der Waals surface area contributed by atoms with Gasteiger partial charge >= 0.3 is 5.97 Å². The van der Waals surface area contributed by atoms with E-state index in [1.807, 2.05) is 54.6 Å². The summed E-state index contributed by atoms with van der Waals surface area (Å²) in [6.45, 7) is 2.20. The Bertz CT molecular complexity index is 1210. The first-order valence-corrected chi connectivity index (χ1v) is 12.0. The van der Waals surface area contributed by atoms with Crippen molar-refractivity contribution in [2.24, 2.45) is 11.0 Å². The van der Waals surface area contributed by atoms with Crippen molar-refractivity contribution >= 4 is 17.6 Å². The number of hydrogen-bond acceptors (Lipinski definition) is 4. The molecule has 178 valence electrons. The molecule has 0 atom stereocenters. The smallest absolute Gasteiger partial charge is 0.339 e. The quantitative estimate of drug-likeness (QED) is 0.400. The van der Waals surface area contributed by atoms with Crippen LogP contribution in [0.5, 0.6) is 0 Å². The molecule has 2 aliphatic rings. The van der Waals surface area contributed by atoms with Crippen LogP contribution in [-0.2, 0) is 11.3 Å². The monoisotopic (exact) mass is 466 g/mol. The van der Waals surface area contributed by atoms with Gasteiger partial charge in [0.1, 0.15) is 6.61 Å². The molecule has 0 saturated heterocycles. The summed E-state index contributed by atoms with van der Waals surface area (Å²) in [7, 11) is 0. The van der Waals surface area contributed by atoms with Crippen molar-refractivity contribution in [1.29, 1.82) is 0 Å². The van der Waals surface area contributed by atoms with Crippen molar-refractivity contribution in [3.05, 3.63) is 119 Å². The highest BCUT2D eigenvalue weighted by Gasteiger charge is 2.19. The van der Waals surface area contributed by atoms with Crippen LogP contribution >= 0.6 is 0 Å². The van der Waals surface area contributed by atoms with E-state index in [9.17, 15) is 9.59 Å². The fourth-order valence-corrected chi connectivity index (χ4v) is 4.31. The number of nitrogens with zero attached hydrogens (tertiary/aromatic N) is 1. The van der Waals surface area contributed by atoms with Gasteiger partial charge in [-0.2, -0.15) is 5.10 Å². The molecule has 0 aliphatic heterocycles. The van der Waals surface area contributed by atoms with Crippen LogP contribution in [0.3, 0.4) is 0 Å². The minimum Gasteiger partial charge on any atom is -0.457 e. The molecular weight excluding hydrogens is 436 g/mol. The first-order valence-electron chi connectivity index (χ1n) is 12.0. The summed E-state index contributed by atoms with van der Waals surface area (Å²) in [6, 6.07) is 16.0. The van der Waals surface area contributed by atoms with Gasteiger partial charge < -0.3 is 4.74 Å². The summed E-state index contributed by atoms with van der Waals surface area (Å²) in [6.07, 6.45) is 17.1. The summed E-state index contributed by atoms with van der Waals surface area (Å²) < 4.78 is 5.42. The predicted octanol–water partition coefficient (Wildman–Crippen LogP) is 6.32. The number of hydrogen-bond donors (Lipinski definition) is 1. The van der Waals surface area contributed by atoms with E-state index in [1.165, 1.54) is 31.3 Å². The number of esters is 1. The van der Waals surface area contributed by atoms with E-state index in [4.69, 9.17) is 4.74 Å². The molecule has 1 fully saturated rings. The second-order valence-electron chi connectivity index (χ2n) is 8.81. The van der Waals surface area contributed by atoms with E-state index < -0.39 is 11.9 Å². The number of carbonyl (C=O) groups excluding carboxylic acids is 2. The van der Waals surface area contributed by atoms with Crippen LogP contribution in [0, 0.1) is 5.92 Å². The number of carbonyl (C=O) groups is 2. The van der Waals surface area contributed by atoms with E-state index >= 15 is 0 Å². The van der Waals surface area contributed by atoms with Gasteiger partial charge in [-0.05, 0) is 61.1 Å². The molecular formula is C30H30N2O3. The summed E-state index contributed by atoms with van der Waals surface area (Å²) in [5.41, 5.74) is 6.96. The maximum atomic E-state index is 12.9. The number of nitrogens with one attached hydrogen (secondary N) is 1. The minimum absolute atomic E-state index is 0.136. The van der Waals surface area contributed by atoms with Gasteiger partial charge in [-0.15, -0.1) is 0 Å².